The standard InChI is InChI=1S/C22H31ClN6O4/c1-5-32-19(30)16(12-15-6-9-28(10-7-15)21(31)33-22(2,3)4)25-17-13-18(27-20(23)26-17)29-11-8-24-14-29/h8,11,13-16H,5-7,9-10,12H2,1-4H3,(H,25,26,27). The number of carbonyl (C=O) groups is 2. The fraction of sp³-hybridized carbons (Fsp3) is 0.591. The maximum absolute atomic E-state index is 12.7. The van der Waals surface area contributed by atoms with E-state index in [4.69, 9.17) is 21.1 Å². The van der Waals surface area contributed by atoms with Crippen LogP contribution in [0.2, 0.25) is 5.28 Å². The van der Waals surface area contributed by atoms with E-state index in [0.29, 0.717) is 31.1 Å². The van der Waals surface area contributed by atoms with E-state index in [0.717, 1.165) is 12.8 Å². The second kappa shape index (κ2) is 10.8. The van der Waals surface area contributed by atoms with Crippen molar-refractivity contribution in [1.82, 2.24) is 24.4 Å². The minimum absolute atomic E-state index is 0.0528. The van der Waals surface area contributed by atoms with Crippen LogP contribution in [0.4, 0.5) is 10.6 Å². The van der Waals surface area contributed by atoms with Crippen molar-refractivity contribution >= 4 is 29.5 Å². The number of anilines is 1. The molecule has 1 saturated heterocycles. The van der Waals surface area contributed by atoms with E-state index in [1.807, 2.05) is 20.8 Å². The van der Waals surface area contributed by atoms with Gasteiger partial charge in [0.1, 0.15) is 29.6 Å². The smallest absolute Gasteiger partial charge is 0.410 e. The third-order valence-electron chi connectivity index (χ3n) is 5.18. The van der Waals surface area contributed by atoms with Gasteiger partial charge in [-0.25, -0.2) is 19.6 Å². The van der Waals surface area contributed by atoms with Gasteiger partial charge in [0.15, 0.2) is 0 Å². The zero-order valence-electron chi connectivity index (χ0n) is 19.5. The third kappa shape index (κ3) is 7.31. The van der Waals surface area contributed by atoms with Gasteiger partial charge >= 0.3 is 12.1 Å². The second-order valence-electron chi connectivity index (χ2n) is 8.95. The second-order valence-corrected chi connectivity index (χ2v) is 9.28. The summed E-state index contributed by atoms with van der Waals surface area (Å²) < 4.78 is 12.4. The molecule has 0 spiro atoms. The van der Waals surface area contributed by atoms with Crippen molar-refractivity contribution < 1.29 is 19.1 Å². The average molecular weight is 479 g/mol. The molecule has 0 radical (unpaired) electrons. The molecule has 1 aliphatic rings. The molecular weight excluding hydrogens is 448 g/mol. The van der Waals surface area contributed by atoms with Crippen LogP contribution in [0, 0.1) is 5.92 Å². The fourth-order valence-corrected chi connectivity index (χ4v) is 3.83. The van der Waals surface area contributed by atoms with Crippen LogP contribution in [0.5, 0.6) is 0 Å². The van der Waals surface area contributed by atoms with E-state index in [-0.39, 0.29) is 29.9 Å². The quantitative estimate of drug-likeness (QED) is 0.473. The van der Waals surface area contributed by atoms with Gasteiger partial charge in [-0.05, 0) is 64.5 Å². The Kier molecular flexibility index (Phi) is 8.12. The lowest BCUT2D eigenvalue weighted by molar-refractivity contribution is -0.144. The highest BCUT2D eigenvalue weighted by Crippen LogP contribution is 2.25. The zero-order valence-corrected chi connectivity index (χ0v) is 20.2. The molecule has 0 aliphatic carbocycles. The minimum Gasteiger partial charge on any atom is -0.464 e. The number of hydrogen-bond donors (Lipinski definition) is 1. The highest BCUT2D eigenvalue weighted by molar-refractivity contribution is 6.28. The maximum Gasteiger partial charge on any atom is 0.410 e. The zero-order chi connectivity index (χ0) is 24.0. The van der Waals surface area contributed by atoms with E-state index < -0.39 is 11.6 Å². The summed E-state index contributed by atoms with van der Waals surface area (Å²) in [6, 6.07) is 1.09. The fourth-order valence-electron chi connectivity index (χ4n) is 3.65. The van der Waals surface area contributed by atoms with Crippen LogP contribution in [0.15, 0.2) is 24.8 Å². The van der Waals surface area contributed by atoms with Crippen LogP contribution in [-0.2, 0) is 14.3 Å². The van der Waals surface area contributed by atoms with Crippen LogP contribution in [-0.4, -0.2) is 67.8 Å². The molecule has 1 N–H and O–H groups in total. The molecule has 33 heavy (non-hydrogen) atoms. The number of ether oxygens (including phenoxy) is 2. The Morgan fingerprint density at radius 2 is 2.00 bits per heavy atom. The Bertz CT molecular complexity index is 939. The Hall–Kier alpha value is -2.88. The predicted octanol–water partition coefficient (Wildman–Crippen LogP) is 3.70. The van der Waals surface area contributed by atoms with Gasteiger partial charge in [-0.15, -0.1) is 0 Å². The van der Waals surface area contributed by atoms with E-state index in [1.165, 1.54) is 0 Å². The molecular formula is C22H31ClN6O4. The van der Waals surface area contributed by atoms with Crippen molar-refractivity contribution in [3.05, 3.63) is 30.1 Å². The van der Waals surface area contributed by atoms with Crippen LogP contribution in [0.1, 0.15) is 47.0 Å². The summed E-state index contributed by atoms with van der Waals surface area (Å²) in [5.74, 6) is 0.827. The molecule has 10 nitrogen and oxygen atoms in total. The van der Waals surface area contributed by atoms with E-state index in [1.54, 1.807) is 41.2 Å². The molecule has 2 aromatic heterocycles. The SMILES string of the molecule is CCOC(=O)C(CC1CCN(C(=O)OC(C)(C)C)CC1)Nc1cc(-n2ccnc2)nc(Cl)n1. The summed E-state index contributed by atoms with van der Waals surface area (Å²) in [7, 11) is 0. The van der Waals surface area contributed by atoms with Gasteiger partial charge in [0.25, 0.3) is 0 Å². The Morgan fingerprint density at radius 3 is 2.61 bits per heavy atom. The number of amides is 1. The van der Waals surface area contributed by atoms with Gasteiger partial charge in [0.2, 0.25) is 5.28 Å². The molecule has 1 amide bonds. The van der Waals surface area contributed by atoms with E-state index in [9.17, 15) is 9.59 Å². The maximum atomic E-state index is 12.7. The molecule has 2 aromatic rings. The first kappa shape index (κ1) is 24.8. The van der Waals surface area contributed by atoms with Crippen molar-refractivity contribution in [3.8, 4) is 5.82 Å². The summed E-state index contributed by atoms with van der Waals surface area (Å²) in [5, 5.41) is 3.22. The summed E-state index contributed by atoms with van der Waals surface area (Å²) >= 11 is 6.11. The lowest BCUT2D eigenvalue weighted by Gasteiger charge is -2.34. The molecule has 180 valence electrons. The molecule has 1 fully saturated rings. The number of imidazole rings is 1. The van der Waals surface area contributed by atoms with Gasteiger partial charge in [-0.1, -0.05) is 0 Å². The lowest BCUT2D eigenvalue weighted by atomic mass is 9.90. The molecule has 1 aliphatic heterocycles. The van der Waals surface area contributed by atoms with Crippen LogP contribution >= 0.6 is 11.6 Å². The van der Waals surface area contributed by atoms with E-state index in [2.05, 4.69) is 20.3 Å². The lowest BCUT2D eigenvalue weighted by Crippen LogP contribution is -2.43. The predicted molar refractivity (Wildman–Crippen MR) is 123 cm³/mol. The number of nitrogens with one attached hydrogen (secondary N) is 1. The number of carbonyl (C=O) groups excluding carboxylic acids is 2. The summed E-state index contributed by atoms with van der Waals surface area (Å²) in [5.41, 5.74) is -0.527. The molecule has 1 atom stereocenters. The number of hydrogen-bond acceptors (Lipinski definition) is 8. The third-order valence-corrected chi connectivity index (χ3v) is 5.35. The van der Waals surface area contributed by atoms with Crippen molar-refractivity contribution in [2.24, 2.45) is 5.92 Å². The van der Waals surface area contributed by atoms with Crippen molar-refractivity contribution in [2.75, 3.05) is 25.0 Å². The molecule has 1 unspecified atom stereocenters. The van der Waals surface area contributed by atoms with Crippen molar-refractivity contribution in [2.45, 2.75) is 58.6 Å². The van der Waals surface area contributed by atoms with Crippen molar-refractivity contribution in [3.63, 3.8) is 0 Å². The van der Waals surface area contributed by atoms with E-state index >= 15 is 0 Å². The monoisotopic (exact) mass is 478 g/mol. The number of rotatable bonds is 7. The number of halogens is 1. The molecule has 0 saturated carbocycles. The van der Waals surface area contributed by atoms with Gasteiger partial charge in [-0.2, -0.15) is 4.98 Å². The van der Waals surface area contributed by atoms with Crippen LogP contribution in [0.3, 0.4) is 0 Å². The van der Waals surface area contributed by atoms with Crippen LogP contribution < -0.4 is 5.32 Å². The largest absolute Gasteiger partial charge is 0.464 e. The number of nitrogens with zero attached hydrogens (tertiary/aromatic N) is 5. The molecule has 0 aromatic carbocycles. The average Bonchev–Trinajstić information content (AvgIpc) is 3.27. The Morgan fingerprint density at radius 1 is 1.27 bits per heavy atom. The number of aromatic nitrogens is 4. The topological polar surface area (TPSA) is 111 Å². The first-order chi connectivity index (χ1) is 15.6. The highest BCUT2D eigenvalue weighted by atomic mass is 35.5. The number of likely N-dealkylation sites (tertiary alicyclic amines) is 1. The Balaban J connectivity index is 1.66. The minimum atomic E-state index is -0.607. The molecule has 0 bridgehead atoms. The summed E-state index contributed by atoms with van der Waals surface area (Å²) in [6.07, 6.45) is 6.75. The normalized spacial score (nSPS) is 15.7. The molecule has 11 heteroatoms. The van der Waals surface area contributed by atoms with Gasteiger partial charge in [0, 0.05) is 31.5 Å². The highest BCUT2D eigenvalue weighted by Gasteiger charge is 2.30. The Labute approximate surface area is 198 Å². The summed E-state index contributed by atoms with van der Waals surface area (Å²) in [4.78, 5) is 39.2. The molecule has 3 rings (SSSR count). The van der Waals surface area contributed by atoms with Gasteiger partial charge < -0.3 is 19.7 Å². The molecule has 3 heterocycles. The van der Waals surface area contributed by atoms with Crippen LogP contribution in [0.25, 0.3) is 5.82 Å². The number of esters is 1. The van der Waals surface area contributed by atoms with Gasteiger partial charge in [0.05, 0.1) is 6.61 Å². The summed E-state index contributed by atoms with van der Waals surface area (Å²) in [6.45, 7) is 8.77. The number of piperidine rings is 1. The first-order valence-corrected chi connectivity index (χ1v) is 11.5. The van der Waals surface area contributed by atoms with Gasteiger partial charge in [-0.3, -0.25) is 4.57 Å². The first-order valence-electron chi connectivity index (χ1n) is 11.1. The van der Waals surface area contributed by atoms with Crippen molar-refractivity contribution in [1.29, 1.82) is 0 Å².